The zero-order valence-electron chi connectivity index (χ0n) is 19.2. The molecule has 0 radical (unpaired) electrons. The van der Waals surface area contributed by atoms with E-state index in [4.69, 9.17) is 4.74 Å². The number of phenolic OH excluding ortho intramolecular Hbond substituents is 1. The Morgan fingerprint density at radius 2 is 1.97 bits per heavy atom. The Balaban J connectivity index is 2.05. The Morgan fingerprint density at radius 3 is 2.58 bits per heavy atom. The van der Waals surface area contributed by atoms with E-state index >= 15 is 0 Å². The lowest BCUT2D eigenvalue weighted by Crippen LogP contribution is -2.58. The molecule has 1 aliphatic heterocycles. The van der Waals surface area contributed by atoms with E-state index in [-0.39, 0.29) is 30.7 Å². The number of dihydropyridines is 1. The van der Waals surface area contributed by atoms with Gasteiger partial charge in [-0.25, -0.2) is 4.79 Å². The van der Waals surface area contributed by atoms with Crippen molar-refractivity contribution in [2.45, 2.75) is 65.5 Å². The Kier molecular flexibility index (Phi) is 8.65. The molecule has 7 nitrogen and oxygen atoms in total. The molecule has 2 amide bonds. The van der Waals surface area contributed by atoms with Crippen LogP contribution in [0.15, 0.2) is 40.9 Å². The van der Waals surface area contributed by atoms with E-state index in [0.717, 1.165) is 29.7 Å². The number of ether oxygens (including phenoxy) is 1. The minimum absolute atomic E-state index is 0.146. The first-order chi connectivity index (χ1) is 14.6. The molecule has 1 heterocycles. The van der Waals surface area contributed by atoms with Crippen molar-refractivity contribution < 1.29 is 19.4 Å². The number of nitrogens with zero attached hydrogens (tertiary/aromatic N) is 1. The molecule has 0 spiro atoms. The molecule has 2 rings (SSSR count). The van der Waals surface area contributed by atoms with E-state index < -0.39 is 11.6 Å². The topological polar surface area (TPSA) is 100 Å². The van der Waals surface area contributed by atoms with Gasteiger partial charge in [-0.2, -0.15) is 0 Å². The Bertz CT molecular complexity index is 830. The summed E-state index contributed by atoms with van der Waals surface area (Å²) in [5.41, 5.74) is 1.53. The van der Waals surface area contributed by atoms with E-state index in [1.807, 2.05) is 19.9 Å². The normalized spacial score (nSPS) is 17.9. The molecule has 1 aromatic carbocycles. The van der Waals surface area contributed by atoms with Gasteiger partial charge in [-0.15, -0.1) is 0 Å². The highest BCUT2D eigenvalue weighted by atomic mass is 16.5. The summed E-state index contributed by atoms with van der Waals surface area (Å²) >= 11 is 0. The number of amides is 2. The standard InChI is InChI=1S/C24H35N3O4/c1-16(2)10-11-25-22(29)24(5,14-19-6-8-21(28)9-7-19)27-23(30)31-15-20-12-17(3)26-18(4)13-20/h6-9,12,16,18,28H,10-11,13-15H2,1-5H3,(H,25,29)(H,27,30)/t18?,24-/m0/s1. The molecule has 170 valence electrons. The van der Waals surface area contributed by atoms with Crippen LogP contribution in [0.25, 0.3) is 0 Å². The fraction of sp³-hybridized carbons (Fsp3) is 0.542. The van der Waals surface area contributed by atoms with Crippen molar-refractivity contribution >= 4 is 17.7 Å². The third-order valence-corrected chi connectivity index (χ3v) is 5.16. The molecule has 0 bridgehead atoms. The molecule has 1 unspecified atom stereocenters. The number of phenols is 1. The first-order valence-electron chi connectivity index (χ1n) is 10.8. The third-order valence-electron chi connectivity index (χ3n) is 5.16. The summed E-state index contributed by atoms with van der Waals surface area (Å²) in [4.78, 5) is 30.0. The van der Waals surface area contributed by atoms with E-state index in [0.29, 0.717) is 12.5 Å². The van der Waals surface area contributed by atoms with E-state index in [1.54, 1.807) is 31.2 Å². The second-order valence-electron chi connectivity index (χ2n) is 8.94. The molecule has 2 atom stereocenters. The van der Waals surface area contributed by atoms with Crippen LogP contribution in [0.3, 0.4) is 0 Å². The molecule has 1 aliphatic rings. The van der Waals surface area contributed by atoms with Crippen LogP contribution in [0.5, 0.6) is 5.75 Å². The third kappa shape index (κ3) is 8.07. The summed E-state index contributed by atoms with van der Waals surface area (Å²) in [5, 5.41) is 15.2. The monoisotopic (exact) mass is 429 g/mol. The van der Waals surface area contributed by atoms with Crippen LogP contribution in [-0.4, -0.2) is 47.6 Å². The van der Waals surface area contributed by atoms with Crippen molar-refractivity contribution in [3.8, 4) is 5.75 Å². The molecule has 7 heteroatoms. The number of rotatable bonds is 9. The van der Waals surface area contributed by atoms with Gasteiger partial charge < -0.3 is 20.5 Å². The number of alkyl carbamates (subject to hydrolysis) is 1. The van der Waals surface area contributed by atoms with Crippen LogP contribution >= 0.6 is 0 Å². The van der Waals surface area contributed by atoms with Crippen molar-refractivity contribution in [3.05, 3.63) is 41.5 Å². The number of carbonyl (C=O) groups excluding carboxylic acids is 2. The van der Waals surface area contributed by atoms with Crippen molar-refractivity contribution in [2.24, 2.45) is 10.9 Å². The Hall–Kier alpha value is -2.83. The second-order valence-corrected chi connectivity index (χ2v) is 8.94. The average molecular weight is 430 g/mol. The van der Waals surface area contributed by atoms with Crippen LogP contribution in [-0.2, 0) is 16.0 Å². The lowest BCUT2D eigenvalue weighted by molar-refractivity contribution is -0.126. The van der Waals surface area contributed by atoms with Crippen molar-refractivity contribution in [2.75, 3.05) is 13.2 Å². The largest absolute Gasteiger partial charge is 0.508 e. The van der Waals surface area contributed by atoms with Crippen LogP contribution < -0.4 is 10.6 Å². The summed E-state index contributed by atoms with van der Waals surface area (Å²) in [5.74, 6) is 0.333. The summed E-state index contributed by atoms with van der Waals surface area (Å²) in [6, 6.07) is 6.76. The van der Waals surface area contributed by atoms with Gasteiger partial charge in [0.25, 0.3) is 0 Å². The van der Waals surface area contributed by atoms with Gasteiger partial charge in [0.05, 0.1) is 6.04 Å². The van der Waals surface area contributed by atoms with Crippen molar-refractivity contribution in [3.63, 3.8) is 0 Å². The Morgan fingerprint density at radius 1 is 1.29 bits per heavy atom. The maximum atomic E-state index is 13.0. The van der Waals surface area contributed by atoms with Crippen molar-refractivity contribution in [1.29, 1.82) is 0 Å². The first-order valence-corrected chi connectivity index (χ1v) is 10.8. The van der Waals surface area contributed by atoms with E-state index in [2.05, 4.69) is 29.5 Å². The number of nitrogens with one attached hydrogen (secondary N) is 2. The van der Waals surface area contributed by atoms with Gasteiger partial charge in [-0.05, 0) is 68.9 Å². The summed E-state index contributed by atoms with van der Waals surface area (Å²) in [6.45, 7) is 10.5. The van der Waals surface area contributed by atoms with Crippen LogP contribution in [0.4, 0.5) is 4.79 Å². The SMILES string of the molecule is CC1=NC(C)CC(COC(=O)N[C@@](C)(Cc2ccc(O)cc2)C(=O)NCCC(C)C)=C1. The highest BCUT2D eigenvalue weighted by Crippen LogP contribution is 2.19. The second kappa shape index (κ2) is 11.0. The maximum absolute atomic E-state index is 13.0. The van der Waals surface area contributed by atoms with Crippen LogP contribution in [0, 0.1) is 5.92 Å². The number of allylic oxidation sites excluding steroid dienone is 1. The summed E-state index contributed by atoms with van der Waals surface area (Å²) < 4.78 is 5.43. The fourth-order valence-corrected chi connectivity index (χ4v) is 3.56. The first kappa shape index (κ1) is 24.4. The zero-order valence-corrected chi connectivity index (χ0v) is 19.2. The number of benzene rings is 1. The quantitative estimate of drug-likeness (QED) is 0.556. The Labute approximate surface area is 185 Å². The lowest BCUT2D eigenvalue weighted by Gasteiger charge is -2.30. The van der Waals surface area contributed by atoms with Crippen LogP contribution in [0.2, 0.25) is 0 Å². The van der Waals surface area contributed by atoms with Crippen LogP contribution in [0.1, 0.15) is 53.0 Å². The molecule has 1 aromatic rings. The summed E-state index contributed by atoms with van der Waals surface area (Å²) in [7, 11) is 0. The molecule has 0 fully saturated rings. The highest BCUT2D eigenvalue weighted by Gasteiger charge is 2.35. The highest BCUT2D eigenvalue weighted by molar-refractivity contribution is 5.94. The number of aromatic hydroxyl groups is 1. The molecular formula is C24H35N3O4. The number of aliphatic imine (C=N–C) groups is 1. The van der Waals surface area contributed by atoms with Crippen molar-refractivity contribution in [1.82, 2.24) is 10.6 Å². The van der Waals surface area contributed by atoms with E-state index in [1.165, 1.54) is 0 Å². The average Bonchev–Trinajstić information content (AvgIpc) is 2.67. The predicted molar refractivity (Wildman–Crippen MR) is 122 cm³/mol. The number of hydrogen-bond donors (Lipinski definition) is 3. The minimum atomic E-state index is -1.20. The lowest BCUT2D eigenvalue weighted by atomic mass is 9.91. The van der Waals surface area contributed by atoms with Gasteiger partial charge >= 0.3 is 6.09 Å². The van der Waals surface area contributed by atoms with Gasteiger partial charge in [0.2, 0.25) is 5.91 Å². The molecule has 3 N–H and O–H groups in total. The maximum Gasteiger partial charge on any atom is 0.408 e. The molecular weight excluding hydrogens is 394 g/mol. The molecule has 0 aliphatic carbocycles. The number of hydrogen-bond acceptors (Lipinski definition) is 5. The van der Waals surface area contributed by atoms with Gasteiger partial charge in [0, 0.05) is 18.7 Å². The smallest absolute Gasteiger partial charge is 0.408 e. The molecule has 0 saturated heterocycles. The van der Waals surface area contributed by atoms with Gasteiger partial charge in [0.15, 0.2) is 0 Å². The van der Waals surface area contributed by atoms with Gasteiger partial charge in [0.1, 0.15) is 17.9 Å². The zero-order chi connectivity index (χ0) is 23.0. The number of carbonyl (C=O) groups is 2. The molecule has 31 heavy (non-hydrogen) atoms. The molecule has 0 saturated carbocycles. The predicted octanol–water partition coefficient (Wildman–Crippen LogP) is 3.76. The summed E-state index contributed by atoms with van der Waals surface area (Å²) in [6.07, 6.45) is 3.14. The molecule has 0 aromatic heterocycles. The van der Waals surface area contributed by atoms with Gasteiger partial charge in [-0.1, -0.05) is 26.0 Å². The minimum Gasteiger partial charge on any atom is -0.508 e. The van der Waals surface area contributed by atoms with Gasteiger partial charge in [-0.3, -0.25) is 9.79 Å². The fourth-order valence-electron chi connectivity index (χ4n) is 3.56. The van der Waals surface area contributed by atoms with E-state index in [9.17, 15) is 14.7 Å².